The van der Waals surface area contributed by atoms with Gasteiger partial charge in [-0.15, -0.1) is 0 Å². The number of carbonyl (C=O) groups is 5. The van der Waals surface area contributed by atoms with Crippen LogP contribution in [0.4, 0.5) is 0 Å². The van der Waals surface area contributed by atoms with Crippen LogP contribution in [-0.4, -0.2) is 92.6 Å². The molecule has 0 saturated heterocycles. The summed E-state index contributed by atoms with van der Waals surface area (Å²) in [7, 11) is 0. The highest BCUT2D eigenvalue weighted by molar-refractivity contribution is 5.97. The summed E-state index contributed by atoms with van der Waals surface area (Å²) in [6.07, 6.45) is 6.69. The molecular formula is C53H76O12. The Kier molecular flexibility index (Phi) is 13.6. The number of hydrogen-bond donors (Lipinski definition) is 4. The van der Waals surface area contributed by atoms with Gasteiger partial charge in [0.05, 0.1) is 10.8 Å². The van der Waals surface area contributed by atoms with Crippen molar-refractivity contribution >= 4 is 30.0 Å². The quantitative estimate of drug-likeness (QED) is 0.0664. The third-order valence-electron chi connectivity index (χ3n) is 17.8. The van der Waals surface area contributed by atoms with Gasteiger partial charge in [-0.3, -0.25) is 14.4 Å². The second-order valence-electron chi connectivity index (χ2n) is 21.5. The van der Waals surface area contributed by atoms with Gasteiger partial charge >= 0.3 is 11.9 Å². The third-order valence-corrected chi connectivity index (χ3v) is 17.8. The Morgan fingerprint density at radius 2 is 1.08 bits per heavy atom. The van der Waals surface area contributed by atoms with Crippen molar-refractivity contribution in [3.8, 4) is 0 Å². The maximum absolute atomic E-state index is 14.3. The lowest BCUT2D eigenvalue weighted by atomic mass is 9.59. The maximum atomic E-state index is 14.3. The molecule has 12 nitrogen and oxygen atoms in total. The molecule has 8 aliphatic carbocycles. The molecule has 2 spiro atoms. The Bertz CT molecular complexity index is 2200. The van der Waals surface area contributed by atoms with Crippen molar-refractivity contribution in [1.29, 1.82) is 0 Å². The first-order valence-corrected chi connectivity index (χ1v) is 22.6. The van der Waals surface area contributed by atoms with Crippen molar-refractivity contribution in [3.63, 3.8) is 0 Å². The van der Waals surface area contributed by atoms with Crippen molar-refractivity contribution in [2.45, 2.75) is 153 Å². The average molecular weight is 905 g/mol. The van der Waals surface area contributed by atoms with E-state index < -0.39 is 64.3 Å². The van der Waals surface area contributed by atoms with Crippen LogP contribution in [-0.2, 0) is 38.2 Å². The van der Waals surface area contributed by atoms with E-state index in [-0.39, 0.29) is 91.4 Å². The first-order chi connectivity index (χ1) is 29.2. The molecule has 0 heterocycles. The van der Waals surface area contributed by atoms with Gasteiger partial charge in [0.1, 0.15) is 18.8 Å². The molecular weight excluding hydrogens is 829 g/mol. The summed E-state index contributed by atoms with van der Waals surface area (Å²) in [5.74, 6) is -1.83. The molecule has 0 unspecified atom stereocenters. The molecule has 4 fully saturated rings. The summed E-state index contributed by atoms with van der Waals surface area (Å²) in [6.45, 7) is 24.6. The summed E-state index contributed by atoms with van der Waals surface area (Å²) in [4.78, 5) is 64.7. The highest BCUT2D eigenvalue weighted by Crippen LogP contribution is 2.73. The number of ether oxygens (including phenoxy) is 3. The molecule has 360 valence electrons. The van der Waals surface area contributed by atoms with Crippen LogP contribution >= 0.6 is 0 Å². The zero-order valence-electron chi connectivity index (χ0n) is 39.1. The van der Waals surface area contributed by atoms with Crippen molar-refractivity contribution in [2.24, 2.45) is 69.0 Å². The van der Waals surface area contributed by atoms with E-state index in [1.165, 1.54) is 0 Å². The van der Waals surface area contributed by atoms with Crippen molar-refractivity contribution < 1.29 is 58.6 Å². The summed E-state index contributed by atoms with van der Waals surface area (Å²) in [6, 6.07) is 0. The van der Waals surface area contributed by atoms with Crippen molar-refractivity contribution in [2.75, 3.05) is 6.61 Å². The smallest absolute Gasteiger partial charge is 0.334 e. The lowest BCUT2D eigenvalue weighted by Crippen LogP contribution is -2.65. The molecule has 0 aromatic rings. The highest BCUT2D eigenvalue weighted by atomic mass is 16.6. The maximum Gasteiger partial charge on any atom is 0.334 e. The second kappa shape index (κ2) is 17.0. The number of aliphatic hydroxyl groups excluding tert-OH is 2. The zero-order chi connectivity index (χ0) is 46.9. The van der Waals surface area contributed by atoms with E-state index in [0.29, 0.717) is 40.2 Å². The molecule has 16 atom stereocenters. The van der Waals surface area contributed by atoms with Gasteiger partial charge in [-0.2, -0.15) is 0 Å². The molecule has 4 saturated carbocycles. The van der Waals surface area contributed by atoms with E-state index in [2.05, 4.69) is 27.7 Å². The molecule has 0 amide bonds. The lowest BCUT2D eigenvalue weighted by Gasteiger charge is -2.48. The molecule has 65 heavy (non-hydrogen) atoms. The van der Waals surface area contributed by atoms with Crippen molar-refractivity contribution in [1.82, 2.24) is 0 Å². The Labute approximate surface area is 386 Å². The lowest BCUT2D eigenvalue weighted by molar-refractivity contribution is -0.201. The van der Waals surface area contributed by atoms with E-state index in [0.717, 1.165) is 6.42 Å². The minimum absolute atomic E-state index is 0. The van der Waals surface area contributed by atoms with Crippen LogP contribution in [0.5, 0.6) is 0 Å². The molecule has 0 radical (unpaired) electrons. The fourth-order valence-corrected chi connectivity index (χ4v) is 13.9. The number of Topliss-reactive ketones (excluding diaryl/α,β-unsaturated/α-hetero) is 2. The summed E-state index contributed by atoms with van der Waals surface area (Å²) in [5.41, 5.74) is -3.99. The monoisotopic (exact) mass is 905 g/mol. The molecule has 12 heteroatoms. The first-order valence-electron chi connectivity index (χ1n) is 22.6. The van der Waals surface area contributed by atoms with E-state index in [9.17, 15) is 44.4 Å². The van der Waals surface area contributed by atoms with Gasteiger partial charge in [0.2, 0.25) is 0 Å². The van der Waals surface area contributed by atoms with Gasteiger partial charge in [-0.25, -0.2) is 9.59 Å². The highest BCUT2D eigenvalue weighted by Gasteiger charge is 2.78. The topological polar surface area (TPSA) is 194 Å². The van der Waals surface area contributed by atoms with Crippen LogP contribution in [0.2, 0.25) is 0 Å². The Morgan fingerprint density at radius 3 is 1.46 bits per heavy atom. The van der Waals surface area contributed by atoms with E-state index >= 15 is 0 Å². The number of aliphatic hydroxyl groups is 4. The molecule has 0 aromatic heterocycles. The normalized spacial score (nSPS) is 43.5. The summed E-state index contributed by atoms with van der Waals surface area (Å²) < 4.78 is 16.5. The van der Waals surface area contributed by atoms with Gasteiger partial charge in [0.25, 0.3) is 6.47 Å². The molecule has 4 N–H and O–H groups in total. The first kappa shape index (κ1) is 52.0. The van der Waals surface area contributed by atoms with Crippen LogP contribution in [0, 0.1) is 69.0 Å². The van der Waals surface area contributed by atoms with Gasteiger partial charge in [0, 0.05) is 23.0 Å². The minimum Gasteiger partial charge on any atom is -0.463 e. The average Bonchev–Trinajstić information content (AvgIpc) is 3.94. The Morgan fingerprint density at radius 1 is 0.692 bits per heavy atom. The summed E-state index contributed by atoms with van der Waals surface area (Å²) >= 11 is 0. The van der Waals surface area contributed by atoms with Crippen LogP contribution in [0.3, 0.4) is 0 Å². The molecule has 8 rings (SSSR count). The molecule has 0 aliphatic heterocycles. The third kappa shape index (κ3) is 6.83. The number of rotatable bonds is 7. The summed E-state index contributed by atoms with van der Waals surface area (Å²) in [5, 5.41) is 47.5. The van der Waals surface area contributed by atoms with Crippen LogP contribution < -0.4 is 0 Å². The van der Waals surface area contributed by atoms with Gasteiger partial charge in [-0.1, -0.05) is 92.9 Å². The Hall–Kier alpha value is -3.97. The van der Waals surface area contributed by atoms with E-state index in [1.54, 1.807) is 72.8 Å². The van der Waals surface area contributed by atoms with E-state index in [4.69, 9.17) is 14.2 Å². The largest absolute Gasteiger partial charge is 0.463 e. The van der Waals surface area contributed by atoms with Gasteiger partial charge in [0.15, 0.2) is 35.0 Å². The fraction of sp³-hybridized carbons (Fsp3) is 0.679. The standard InChI is InChI=1S/C26H34O7.C25H34O5.2CH4/c1-7-13(2)23(30)33-22-14(3)10-25-15(4)8-18-19(24(18,5)6)17(21(25)29)9-16(11-32-12-27)20(28)26(22,25)31;1-8-12(2)22(28)30-21-14(4)11-24-15(5)10-17-18(23(17,6)7)16(20(24)27)9-13(3)19(26)25(21,24)29;;/h7,9-10,12,15,17-20,22,28,31H,8,11H2,1-6H3;8-9,11,15-19,21,26,29H,10H2,1-7H3;2*1H4/b13-7-;12-8-;;/t15-,17+,18-,19+,20-,22+,25+,26+;15-,16+,17-,18+,19-,21+,24+,25+;;/m11../s1. The van der Waals surface area contributed by atoms with Crippen LogP contribution in [0.25, 0.3) is 0 Å². The number of ketones is 2. The molecule has 8 aliphatic rings. The number of esters is 2. The number of hydrogen-bond acceptors (Lipinski definition) is 12. The predicted molar refractivity (Wildman–Crippen MR) is 246 cm³/mol. The molecule has 0 aromatic carbocycles. The molecule has 4 bridgehead atoms. The van der Waals surface area contributed by atoms with Crippen molar-refractivity contribution in [3.05, 3.63) is 69.9 Å². The fourth-order valence-electron chi connectivity index (χ4n) is 13.9. The number of fused-ring (bicyclic) bond motifs is 6. The SMILES string of the molecule is C.C.C/C=C(/C)C(=O)O[C@H]1C(C)=C[C@]23C(=O)[C@@H](C=C(C)[C@@H](O)[C@]12O)[C@H]1[C@@H](C[C@H]3C)C1(C)C.C/C=C(/C)C(=O)O[C@H]1C(C)=C[C@]23C(=O)[C@@H](C=C(COC=O)[C@@H](O)[C@]12O)[C@H]1[C@@H](C[C@H]3C)C1(C)C. The number of allylic oxidation sites excluding steroid dienone is 4. The van der Waals surface area contributed by atoms with Gasteiger partial charge in [-0.05, 0) is 130 Å². The predicted octanol–water partition coefficient (Wildman–Crippen LogP) is 7.15. The zero-order valence-corrected chi connectivity index (χ0v) is 39.1. The second-order valence-corrected chi connectivity index (χ2v) is 21.5. The van der Waals surface area contributed by atoms with E-state index in [1.807, 2.05) is 26.0 Å². The minimum atomic E-state index is -2.12. The van der Waals surface area contributed by atoms with Gasteiger partial charge < -0.3 is 34.6 Å². The van der Waals surface area contributed by atoms with Crippen LogP contribution in [0.1, 0.15) is 118 Å². The van der Waals surface area contributed by atoms with Crippen LogP contribution in [0.15, 0.2) is 69.9 Å². The Balaban J connectivity index is 0.000000238. The number of carbonyl (C=O) groups excluding carboxylic acids is 5.